The van der Waals surface area contributed by atoms with Crippen LogP contribution in [-0.2, 0) is 4.74 Å². The Balaban J connectivity index is 2.13. The highest BCUT2D eigenvalue weighted by molar-refractivity contribution is 6.01. The van der Waals surface area contributed by atoms with E-state index in [1.165, 1.54) is 0 Å². The van der Waals surface area contributed by atoms with Gasteiger partial charge in [0.15, 0.2) is 0 Å². The summed E-state index contributed by atoms with van der Waals surface area (Å²) < 4.78 is 5.23. The average molecular weight is 244 g/mol. The molecule has 4 nitrogen and oxygen atoms in total. The normalized spacial score (nSPS) is 10.5. The van der Waals surface area contributed by atoms with E-state index >= 15 is 0 Å². The van der Waals surface area contributed by atoms with Crippen molar-refractivity contribution in [3.8, 4) is 0 Å². The number of esters is 1. The molecular weight excluding hydrogens is 228 g/mol. The van der Waals surface area contributed by atoms with E-state index in [-0.39, 0.29) is 5.97 Å². The second-order valence-electron chi connectivity index (χ2n) is 4.07. The van der Waals surface area contributed by atoms with E-state index in [0.717, 1.165) is 19.3 Å². The zero-order valence-corrected chi connectivity index (χ0v) is 10.4. The Morgan fingerprint density at radius 2 is 2.06 bits per heavy atom. The number of nitrogens with zero attached hydrogens (tertiary/aromatic N) is 2. The maximum Gasteiger partial charge on any atom is 0.340 e. The van der Waals surface area contributed by atoms with Crippen molar-refractivity contribution in [3.05, 3.63) is 36.2 Å². The molecule has 0 fully saturated rings. The fourth-order valence-electron chi connectivity index (χ4n) is 1.75. The van der Waals surface area contributed by atoms with Gasteiger partial charge < -0.3 is 4.74 Å². The van der Waals surface area contributed by atoms with Gasteiger partial charge in [0.2, 0.25) is 0 Å². The minimum absolute atomic E-state index is 0.322. The van der Waals surface area contributed by atoms with Gasteiger partial charge in [-0.2, -0.15) is 0 Å². The Morgan fingerprint density at radius 3 is 2.89 bits per heavy atom. The molecule has 0 spiro atoms. The number of hydrogen-bond donors (Lipinski definition) is 0. The van der Waals surface area contributed by atoms with E-state index in [1.54, 1.807) is 24.5 Å². The van der Waals surface area contributed by atoms with Gasteiger partial charge in [-0.1, -0.05) is 25.8 Å². The highest BCUT2D eigenvalue weighted by atomic mass is 16.5. The molecule has 0 bridgehead atoms. The Hall–Kier alpha value is -1.97. The first kappa shape index (κ1) is 12.5. The quantitative estimate of drug-likeness (QED) is 0.599. The zero-order valence-electron chi connectivity index (χ0n) is 10.4. The van der Waals surface area contributed by atoms with Crippen molar-refractivity contribution in [2.45, 2.75) is 26.2 Å². The zero-order chi connectivity index (χ0) is 12.8. The molecule has 0 saturated carbocycles. The smallest absolute Gasteiger partial charge is 0.340 e. The summed E-state index contributed by atoms with van der Waals surface area (Å²) in [5.41, 5.74) is 1.79. The molecule has 1 heterocycles. The van der Waals surface area contributed by atoms with Crippen LogP contribution in [0.1, 0.15) is 36.5 Å². The van der Waals surface area contributed by atoms with E-state index in [1.807, 2.05) is 6.07 Å². The molecule has 94 valence electrons. The first-order chi connectivity index (χ1) is 8.83. The number of ether oxygens (including phenoxy) is 1. The highest BCUT2D eigenvalue weighted by Crippen LogP contribution is 2.14. The van der Waals surface area contributed by atoms with Crippen LogP contribution in [0.15, 0.2) is 30.6 Å². The summed E-state index contributed by atoms with van der Waals surface area (Å²) in [5.74, 6) is -0.322. The third-order valence-corrected chi connectivity index (χ3v) is 2.70. The van der Waals surface area contributed by atoms with Gasteiger partial charge in [0.1, 0.15) is 5.52 Å². The summed E-state index contributed by atoms with van der Waals surface area (Å²) in [6.45, 7) is 2.57. The fourth-order valence-corrected chi connectivity index (χ4v) is 1.75. The van der Waals surface area contributed by atoms with Crippen LogP contribution < -0.4 is 0 Å². The van der Waals surface area contributed by atoms with Crippen molar-refractivity contribution >= 4 is 17.0 Å². The number of hydrogen-bond acceptors (Lipinski definition) is 4. The van der Waals surface area contributed by atoms with Crippen molar-refractivity contribution < 1.29 is 9.53 Å². The number of unbranched alkanes of at least 4 members (excludes halogenated alkanes) is 2. The molecule has 0 amide bonds. The SMILES string of the molecule is CCCCCOC(=O)c1cccc2nccnc12. The number of para-hydroxylation sites is 1. The predicted molar refractivity (Wildman–Crippen MR) is 69.3 cm³/mol. The van der Waals surface area contributed by atoms with E-state index < -0.39 is 0 Å². The van der Waals surface area contributed by atoms with Crippen LogP contribution >= 0.6 is 0 Å². The van der Waals surface area contributed by atoms with Gasteiger partial charge in [-0.3, -0.25) is 9.97 Å². The molecule has 0 atom stereocenters. The summed E-state index contributed by atoms with van der Waals surface area (Å²) >= 11 is 0. The number of carbonyl (C=O) groups excluding carboxylic acids is 1. The lowest BCUT2D eigenvalue weighted by Crippen LogP contribution is -2.07. The van der Waals surface area contributed by atoms with Crippen LogP contribution in [0.25, 0.3) is 11.0 Å². The van der Waals surface area contributed by atoms with Crippen LogP contribution in [0.2, 0.25) is 0 Å². The van der Waals surface area contributed by atoms with Crippen LogP contribution in [0, 0.1) is 0 Å². The van der Waals surface area contributed by atoms with Crippen molar-refractivity contribution in [3.63, 3.8) is 0 Å². The number of rotatable bonds is 5. The predicted octanol–water partition coefficient (Wildman–Crippen LogP) is 2.98. The molecule has 4 heteroatoms. The second-order valence-corrected chi connectivity index (χ2v) is 4.07. The van der Waals surface area contributed by atoms with Crippen molar-refractivity contribution in [1.82, 2.24) is 9.97 Å². The van der Waals surface area contributed by atoms with Gasteiger partial charge in [0.25, 0.3) is 0 Å². The summed E-state index contributed by atoms with van der Waals surface area (Å²) in [4.78, 5) is 20.3. The molecule has 0 aliphatic carbocycles. The monoisotopic (exact) mass is 244 g/mol. The molecule has 0 radical (unpaired) electrons. The standard InChI is InChI=1S/C14H16N2O2/c1-2-3-4-10-18-14(17)11-6-5-7-12-13(11)16-9-8-15-12/h5-9H,2-4,10H2,1H3. The topological polar surface area (TPSA) is 52.1 Å². The fraction of sp³-hybridized carbons (Fsp3) is 0.357. The lowest BCUT2D eigenvalue weighted by atomic mass is 10.2. The Bertz CT molecular complexity index is 535. The number of carbonyl (C=O) groups is 1. The first-order valence-corrected chi connectivity index (χ1v) is 6.19. The van der Waals surface area contributed by atoms with E-state index in [2.05, 4.69) is 16.9 Å². The lowest BCUT2D eigenvalue weighted by molar-refractivity contribution is 0.0500. The van der Waals surface area contributed by atoms with Gasteiger partial charge >= 0.3 is 5.97 Å². The second kappa shape index (κ2) is 6.10. The van der Waals surface area contributed by atoms with E-state index in [4.69, 9.17) is 4.74 Å². The van der Waals surface area contributed by atoms with Crippen LogP contribution in [0.3, 0.4) is 0 Å². The molecule has 0 saturated heterocycles. The Labute approximate surface area is 106 Å². The van der Waals surface area contributed by atoms with Gasteiger partial charge in [0, 0.05) is 12.4 Å². The molecule has 1 aromatic carbocycles. The molecule has 0 aliphatic rings. The van der Waals surface area contributed by atoms with Gasteiger partial charge in [-0.25, -0.2) is 4.79 Å². The Kier molecular flexibility index (Phi) is 4.23. The average Bonchev–Trinajstić information content (AvgIpc) is 2.43. The molecule has 1 aromatic heterocycles. The summed E-state index contributed by atoms with van der Waals surface area (Å²) in [6, 6.07) is 5.34. The molecule has 18 heavy (non-hydrogen) atoms. The van der Waals surface area contributed by atoms with Crippen molar-refractivity contribution in [2.75, 3.05) is 6.61 Å². The maximum atomic E-state index is 11.9. The molecule has 2 aromatic rings. The third kappa shape index (κ3) is 2.83. The van der Waals surface area contributed by atoms with E-state index in [0.29, 0.717) is 23.2 Å². The minimum Gasteiger partial charge on any atom is -0.462 e. The van der Waals surface area contributed by atoms with Crippen molar-refractivity contribution in [2.24, 2.45) is 0 Å². The van der Waals surface area contributed by atoms with Gasteiger partial charge in [-0.05, 0) is 18.6 Å². The van der Waals surface area contributed by atoms with Gasteiger partial charge in [0.05, 0.1) is 17.7 Å². The van der Waals surface area contributed by atoms with Crippen LogP contribution in [0.5, 0.6) is 0 Å². The summed E-state index contributed by atoms with van der Waals surface area (Å²) in [7, 11) is 0. The summed E-state index contributed by atoms with van der Waals surface area (Å²) in [5, 5.41) is 0. The van der Waals surface area contributed by atoms with E-state index in [9.17, 15) is 4.79 Å². The molecular formula is C14H16N2O2. The number of aromatic nitrogens is 2. The van der Waals surface area contributed by atoms with Crippen LogP contribution in [-0.4, -0.2) is 22.5 Å². The first-order valence-electron chi connectivity index (χ1n) is 6.19. The molecule has 0 unspecified atom stereocenters. The summed E-state index contributed by atoms with van der Waals surface area (Å²) in [6.07, 6.45) is 6.27. The molecule has 0 N–H and O–H groups in total. The highest BCUT2D eigenvalue weighted by Gasteiger charge is 2.12. The van der Waals surface area contributed by atoms with Crippen molar-refractivity contribution in [1.29, 1.82) is 0 Å². The lowest BCUT2D eigenvalue weighted by Gasteiger charge is -2.06. The Morgan fingerprint density at radius 1 is 1.22 bits per heavy atom. The molecule has 2 rings (SSSR count). The number of fused-ring (bicyclic) bond motifs is 1. The minimum atomic E-state index is -0.322. The van der Waals surface area contributed by atoms with Gasteiger partial charge in [-0.15, -0.1) is 0 Å². The number of benzene rings is 1. The third-order valence-electron chi connectivity index (χ3n) is 2.70. The largest absolute Gasteiger partial charge is 0.462 e. The van der Waals surface area contributed by atoms with Crippen LogP contribution in [0.4, 0.5) is 0 Å². The maximum absolute atomic E-state index is 11.9. The molecule has 0 aliphatic heterocycles.